The summed E-state index contributed by atoms with van der Waals surface area (Å²) in [5.41, 5.74) is 2.60. The first-order valence-electron chi connectivity index (χ1n) is 8.06. The Morgan fingerprint density at radius 3 is 2.00 bits per heavy atom. The van der Waals surface area contributed by atoms with E-state index in [9.17, 15) is 24.2 Å². The Labute approximate surface area is 171 Å². The summed E-state index contributed by atoms with van der Waals surface area (Å²) < 4.78 is 28.9. The highest BCUT2D eigenvalue weighted by Crippen LogP contribution is 2.52. The predicted octanol–water partition coefficient (Wildman–Crippen LogP) is 3.43. The van der Waals surface area contributed by atoms with Crippen LogP contribution >= 0.6 is 10.0 Å². The molecule has 0 aliphatic heterocycles. The molecule has 2 rings (SSSR count). The summed E-state index contributed by atoms with van der Waals surface area (Å²) in [7, 11) is -5.11. The molecule has 9 nitrogen and oxygen atoms in total. The molecule has 11 heteroatoms. The van der Waals surface area contributed by atoms with Crippen LogP contribution in [0.1, 0.15) is 5.69 Å². The first-order valence-corrected chi connectivity index (χ1v) is 11.5. The van der Waals surface area contributed by atoms with E-state index in [-0.39, 0.29) is 6.61 Å². The number of benzene rings is 1. The van der Waals surface area contributed by atoms with Crippen LogP contribution in [-0.4, -0.2) is 32.9 Å². The van der Waals surface area contributed by atoms with E-state index >= 15 is 0 Å². The predicted molar refractivity (Wildman–Crippen MR) is 110 cm³/mol. The highest BCUT2D eigenvalue weighted by atomic mass is 32.3. The largest absolute Gasteiger partial charge is 0.343 e. The minimum absolute atomic E-state index is 0.0179. The van der Waals surface area contributed by atoms with Crippen molar-refractivity contribution in [3.8, 4) is 27.5 Å². The van der Waals surface area contributed by atoms with E-state index in [0.717, 1.165) is 23.2 Å². The van der Waals surface area contributed by atoms with Crippen LogP contribution in [0.15, 0.2) is 46.5 Å². The van der Waals surface area contributed by atoms with E-state index in [1.54, 1.807) is 24.3 Å². The van der Waals surface area contributed by atoms with Crippen LogP contribution in [0.5, 0.6) is 0 Å². The van der Waals surface area contributed by atoms with Gasteiger partial charge in [-0.25, -0.2) is 0 Å². The van der Waals surface area contributed by atoms with E-state index in [2.05, 4.69) is 5.18 Å². The van der Waals surface area contributed by atoms with Crippen molar-refractivity contribution in [2.24, 2.45) is 5.18 Å². The molecule has 0 N–H and O–H groups in total. The van der Waals surface area contributed by atoms with E-state index < -0.39 is 20.1 Å². The number of nitroso groups, excluding NO2 is 1. The number of nitrogens with zero attached hydrogens (tertiary/aromatic N) is 5. The number of aryl methyl sites for hydroxylation is 1. The molecule has 1 heterocycles. The molecule has 0 saturated carbocycles. The van der Waals surface area contributed by atoms with Crippen LogP contribution in [0.4, 0.5) is 0 Å². The lowest BCUT2D eigenvalue weighted by atomic mass is 10.1. The number of nitriles is 3. The summed E-state index contributed by atoms with van der Waals surface area (Å²) in [6.45, 7) is 2.27. The Balaban J connectivity index is 0.00000132. The quantitative estimate of drug-likeness (QED) is 0.385. The van der Waals surface area contributed by atoms with Gasteiger partial charge in [0.15, 0.2) is 0 Å². The molecule has 0 aliphatic carbocycles. The van der Waals surface area contributed by atoms with Crippen molar-refractivity contribution in [2.45, 2.75) is 18.4 Å². The summed E-state index contributed by atoms with van der Waals surface area (Å²) in [5.74, 6) is 0. The molecule has 0 saturated heterocycles. The van der Waals surface area contributed by atoms with Gasteiger partial charge in [-0.1, -0.05) is 17.3 Å². The zero-order chi connectivity index (χ0) is 22.1. The zero-order valence-electron chi connectivity index (χ0n) is 16.1. The molecule has 0 unspecified atom stereocenters. The van der Waals surface area contributed by atoms with Crippen molar-refractivity contribution < 1.29 is 12.6 Å². The van der Waals surface area contributed by atoms with Crippen molar-refractivity contribution >= 4 is 20.1 Å². The fourth-order valence-corrected chi connectivity index (χ4v) is 3.81. The summed E-state index contributed by atoms with van der Waals surface area (Å²) in [5, 5.41) is 35.3. The normalized spacial score (nSPS) is 11.2. The second kappa shape index (κ2) is 10.4. The maximum Gasteiger partial charge on any atom is 0.264 e. The third-order valence-corrected chi connectivity index (χ3v) is 6.12. The summed E-state index contributed by atoms with van der Waals surface area (Å²) in [6, 6.07) is 10.5. The molecule has 0 aliphatic rings. The zero-order valence-corrected chi connectivity index (χ0v) is 17.7. The van der Waals surface area contributed by atoms with Crippen LogP contribution in [0.3, 0.4) is 0 Å². The Morgan fingerprint density at radius 2 is 1.55 bits per heavy atom. The summed E-state index contributed by atoms with van der Waals surface area (Å²) in [6.07, 6.45) is 1.00. The van der Waals surface area contributed by atoms with Gasteiger partial charge in [0.1, 0.15) is 16.2 Å². The molecule has 1 aromatic carbocycles. The smallest absolute Gasteiger partial charge is 0.264 e. The lowest BCUT2D eigenvalue weighted by Gasteiger charge is -2.16. The van der Waals surface area contributed by atoms with Crippen LogP contribution in [0, 0.1) is 43.8 Å². The third-order valence-electron chi connectivity index (χ3n) is 3.73. The number of thiocyanates is 3. The highest BCUT2D eigenvalue weighted by molar-refractivity contribution is 8.44. The Morgan fingerprint density at radius 1 is 1.03 bits per heavy atom. The van der Waals surface area contributed by atoms with E-state index in [0.29, 0.717) is 11.4 Å². The van der Waals surface area contributed by atoms with Gasteiger partial charge >= 0.3 is 0 Å². The lowest BCUT2D eigenvalue weighted by molar-refractivity contribution is 0.304. The first-order chi connectivity index (χ1) is 13.7. The first kappa shape index (κ1) is 23.9. The Hall–Kier alpha value is -3.17. The number of hydrogen-bond donors (Lipinski definition) is 0. The minimum atomic E-state index is -3.50. The minimum Gasteiger partial charge on any atom is -0.343 e. The van der Waals surface area contributed by atoms with Crippen LogP contribution in [-0.2, 0) is 20.8 Å². The van der Waals surface area contributed by atoms with Gasteiger partial charge in [0.25, 0.3) is 10.1 Å². The molecule has 2 aromatic rings. The molecule has 0 amide bonds. The second-order valence-corrected chi connectivity index (χ2v) is 9.52. The Kier molecular flexibility index (Phi) is 8.56. The average molecular weight is 434 g/mol. The number of hydrogen-bond acceptors (Lipinski definition) is 8. The van der Waals surface area contributed by atoms with Gasteiger partial charge in [-0.15, -0.1) is 0 Å². The van der Waals surface area contributed by atoms with Gasteiger partial charge in [-0.3, -0.25) is 4.18 Å². The molecule has 0 bridgehead atoms. The van der Waals surface area contributed by atoms with Gasteiger partial charge in [-0.2, -0.15) is 29.1 Å². The molecule has 0 atom stereocenters. The van der Waals surface area contributed by atoms with Crippen molar-refractivity contribution in [2.75, 3.05) is 19.9 Å². The van der Waals surface area contributed by atoms with Gasteiger partial charge in [0, 0.05) is 22.8 Å². The van der Waals surface area contributed by atoms with E-state index in [4.69, 9.17) is 9.09 Å². The molecule has 0 fully saturated rings. The standard InChI is InChI=1S/C17H16N4O3S2.CH3NO/c1-14-3-8-17(21(14)9-10-24-25(2,22)23)15-4-6-16(7-5-15)26(11-18,12-19)13-20;1-2-3/h3-8H,9-10H2,1-2H3;1H3. The van der Waals surface area contributed by atoms with Gasteiger partial charge < -0.3 is 4.57 Å². The number of rotatable bonds is 6. The molecular weight excluding hydrogens is 414 g/mol. The van der Waals surface area contributed by atoms with Crippen molar-refractivity contribution in [1.29, 1.82) is 15.8 Å². The van der Waals surface area contributed by atoms with E-state index in [1.165, 1.54) is 7.05 Å². The van der Waals surface area contributed by atoms with Gasteiger partial charge in [0.2, 0.25) is 0 Å². The van der Waals surface area contributed by atoms with Crippen molar-refractivity contribution in [1.82, 2.24) is 4.57 Å². The Bertz CT molecular complexity index is 1050. The average Bonchev–Trinajstić information content (AvgIpc) is 3.05. The van der Waals surface area contributed by atoms with Crippen molar-refractivity contribution in [3.05, 3.63) is 47.0 Å². The third kappa shape index (κ3) is 6.16. The molecule has 0 radical (unpaired) electrons. The monoisotopic (exact) mass is 433 g/mol. The fourth-order valence-electron chi connectivity index (χ4n) is 2.45. The molecule has 0 spiro atoms. The fraction of sp³-hybridized carbons (Fsp3) is 0.278. The topological polar surface area (TPSA) is 149 Å². The van der Waals surface area contributed by atoms with Crippen LogP contribution in [0.2, 0.25) is 0 Å². The SMILES string of the molecule is CN=O.Cc1ccc(-c2ccc(S(C#N)(C#N)C#N)cc2)n1CCOS(C)(=O)=O. The molecule has 29 heavy (non-hydrogen) atoms. The van der Waals surface area contributed by atoms with Gasteiger partial charge in [-0.05, 0) is 36.8 Å². The van der Waals surface area contributed by atoms with Gasteiger partial charge in [0.05, 0.1) is 29.9 Å². The summed E-state index contributed by atoms with van der Waals surface area (Å²) in [4.78, 5) is 8.95. The maximum atomic E-state index is 11.1. The second-order valence-electron chi connectivity index (χ2n) is 5.63. The van der Waals surface area contributed by atoms with Crippen LogP contribution < -0.4 is 0 Å². The lowest BCUT2D eigenvalue weighted by Crippen LogP contribution is -2.12. The van der Waals surface area contributed by atoms with E-state index in [1.807, 2.05) is 39.8 Å². The van der Waals surface area contributed by atoms with Crippen molar-refractivity contribution in [3.63, 3.8) is 0 Å². The number of aromatic nitrogens is 1. The van der Waals surface area contributed by atoms with Crippen LogP contribution in [0.25, 0.3) is 11.3 Å². The highest BCUT2D eigenvalue weighted by Gasteiger charge is 2.26. The summed E-state index contributed by atoms with van der Waals surface area (Å²) >= 11 is 0. The molecule has 152 valence electrons. The molecule has 1 aromatic heterocycles. The maximum absolute atomic E-state index is 11.1. The molecular formula is C18H19N5O4S2.